The molecule has 0 aliphatic carbocycles. The van der Waals surface area contributed by atoms with Gasteiger partial charge in [-0.05, 0) is 25.3 Å². The Morgan fingerprint density at radius 1 is 1.19 bits per heavy atom. The van der Waals surface area contributed by atoms with Gasteiger partial charge in [0.05, 0.1) is 42.3 Å². The minimum atomic E-state index is -0.156. The lowest BCUT2D eigenvalue weighted by atomic mass is 10.1. The smallest absolute Gasteiger partial charge is 0.222 e. The fraction of sp³-hybridized carbons (Fsp3) is 0.269. The van der Waals surface area contributed by atoms with E-state index < -0.39 is 0 Å². The molecule has 37 heavy (non-hydrogen) atoms. The van der Waals surface area contributed by atoms with E-state index >= 15 is 0 Å². The van der Waals surface area contributed by atoms with Crippen molar-refractivity contribution in [3.8, 4) is 5.69 Å². The van der Waals surface area contributed by atoms with Gasteiger partial charge >= 0.3 is 0 Å². The van der Waals surface area contributed by atoms with Crippen LogP contribution in [0.2, 0.25) is 0 Å². The van der Waals surface area contributed by atoms with Crippen LogP contribution in [-0.2, 0) is 4.74 Å². The zero-order valence-corrected chi connectivity index (χ0v) is 21.6. The highest BCUT2D eigenvalue weighted by Gasteiger charge is 2.25. The zero-order chi connectivity index (χ0) is 26.4. The van der Waals surface area contributed by atoms with Crippen LogP contribution in [0.5, 0.6) is 0 Å². The molecule has 0 amide bonds. The minimum absolute atomic E-state index is 0.156. The zero-order valence-electron chi connectivity index (χ0n) is 21.6. The number of para-hydroxylation sites is 1. The van der Waals surface area contributed by atoms with Crippen molar-refractivity contribution in [2.75, 3.05) is 28.3 Å². The molecule has 1 aromatic carbocycles. The number of fused-ring (bicyclic) bond motifs is 1. The quantitative estimate of drug-likeness (QED) is 0.186. The third-order valence-corrected chi connectivity index (χ3v) is 5.71. The average molecular weight is 499 g/mol. The highest BCUT2D eigenvalue weighted by molar-refractivity contribution is 6.16. The van der Waals surface area contributed by atoms with Gasteiger partial charge in [-0.3, -0.25) is 4.99 Å². The van der Waals surface area contributed by atoms with E-state index in [0.29, 0.717) is 22.9 Å². The van der Waals surface area contributed by atoms with Gasteiger partial charge in [-0.25, -0.2) is 24.6 Å². The lowest BCUT2D eigenvalue weighted by Gasteiger charge is -2.15. The van der Waals surface area contributed by atoms with Crippen LogP contribution in [0.3, 0.4) is 0 Å². The Morgan fingerprint density at radius 2 is 1.97 bits per heavy atom. The molecule has 0 aliphatic heterocycles. The minimum Gasteiger partial charge on any atom is -0.481 e. The summed E-state index contributed by atoms with van der Waals surface area (Å²) in [5, 5.41) is 9.62. The first-order valence-corrected chi connectivity index (χ1v) is 11.7. The van der Waals surface area contributed by atoms with Crippen LogP contribution >= 0.6 is 0 Å². The Bertz CT molecular complexity index is 1460. The average Bonchev–Trinajstić information content (AvgIpc) is 3.55. The monoisotopic (exact) mass is 498 g/mol. The van der Waals surface area contributed by atoms with Gasteiger partial charge in [0.15, 0.2) is 5.82 Å². The Kier molecular flexibility index (Phi) is 7.82. The van der Waals surface area contributed by atoms with Crippen LogP contribution < -0.4 is 0 Å². The predicted molar refractivity (Wildman–Crippen MR) is 147 cm³/mol. The molecule has 0 N–H and O–H groups in total. The van der Waals surface area contributed by atoms with Crippen LogP contribution in [0, 0.1) is 0 Å². The summed E-state index contributed by atoms with van der Waals surface area (Å²) in [5.74, 6) is 0.843. The van der Waals surface area contributed by atoms with E-state index in [4.69, 9.17) is 4.74 Å². The van der Waals surface area contributed by atoms with Crippen molar-refractivity contribution in [2.45, 2.75) is 19.4 Å². The molecule has 0 saturated carbocycles. The molecule has 4 aromatic rings. The maximum Gasteiger partial charge on any atom is 0.222 e. The first-order chi connectivity index (χ1) is 18.0. The van der Waals surface area contributed by atoms with Crippen LogP contribution in [-0.4, -0.2) is 82.0 Å². The van der Waals surface area contributed by atoms with Crippen LogP contribution in [0.25, 0.3) is 22.3 Å². The van der Waals surface area contributed by atoms with Crippen molar-refractivity contribution in [1.82, 2.24) is 34.4 Å². The maximum absolute atomic E-state index is 5.53. The molecule has 190 valence electrons. The number of methoxy groups -OCH3 is 1. The van der Waals surface area contributed by atoms with Crippen molar-refractivity contribution in [3.05, 3.63) is 66.2 Å². The first-order valence-electron chi connectivity index (χ1n) is 11.7. The Morgan fingerprint density at radius 3 is 2.62 bits per heavy atom. The van der Waals surface area contributed by atoms with Gasteiger partial charge in [0.25, 0.3) is 0 Å². The van der Waals surface area contributed by atoms with E-state index in [9.17, 15) is 0 Å². The fourth-order valence-electron chi connectivity index (χ4n) is 4.09. The lowest BCUT2D eigenvalue weighted by Crippen LogP contribution is -2.10. The molecule has 0 aliphatic rings. The molecule has 11 heteroatoms. The number of hydrogen-bond acceptors (Lipinski definition) is 8. The van der Waals surface area contributed by atoms with E-state index in [1.54, 1.807) is 31.4 Å². The second-order valence-electron chi connectivity index (χ2n) is 8.37. The van der Waals surface area contributed by atoms with Crippen molar-refractivity contribution in [1.29, 1.82) is 0 Å². The van der Waals surface area contributed by atoms with Gasteiger partial charge in [0, 0.05) is 39.1 Å². The van der Waals surface area contributed by atoms with Crippen molar-refractivity contribution >= 4 is 41.7 Å². The molecule has 0 radical (unpaired) electrons. The van der Waals surface area contributed by atoms with E-state index in [2.05, 4.69) is 53.5 Å². The summed E-state index contributed by atoms with van der Waals surface area (Å²) in [6.45, 7) is 5.77. The fourth-order valence-corrected chi connectivity index (χ4v) is 4.09. The van der Waals surface area contributed by atoms with Crippen molar-refractivity contribution in [3.63, 3.8) is 0 Å². The Balaban J connectivity index is 1.97. The Labute approximate surface area is 215 Å². The van der Waals surface area contributed by atoms with E-state index in [1.807, 2.05) is 61.7 Å². The Hall–Kier alpha value is -4.67. The number of hydrogen-bond donors (Lipinski definition) is 0. The van der Waals surface area contributed by atoms with Gasteiger partial charge in [-0.15, -0.1) is 5.10 Å². The van der Waals surface area contributed by atoms with Gasteiger partial charge in [0.2, 0.25) is 5.88 Å². The third kappa shape index (κ3) is 5.15. The van der Waals surface area contributed by atoms with Crippen LogP contribution in [0.4, 0.5) is 5.82 Å². The molecule has 11 nitrogen and oxygen atoms in total. The summed E-state index contributed by atoms with van der Waals surface area (Å²) in [7, 11) is 7.03. The second kappa shape index (κ2) is 11.4. The van der Waals surface area contributed by atoms with E-state index in [0.717, 1.165) is 28.8 Å². The van der Waals surface area contributed by atoms with Gasteiger partial charge in [-0.2, -0.15) is 0 Å². The molecule has 3 aromatic heterocycles. The number of nitrogens with zero attached hydrogens (tertiary/aromatic N) is 10. The summed E-state index contributed by atoms with van der Waals surface area (Å²) in [5.41, 5.74) is 3.84. The highest BCUT2D eigenvalue weighted by atomic mass is 16.5. The molecule has 1 atom stereocenters. The molecule has 3 heterocycles. The summed E-state index contributed by atoms with van der Waals surface area (Å²) >= 11 is 0. The molecular formula is C26H30N10O. The number of aliphatic imine (C=N–C) groups is 3. The van der Waals surface area contributed by atoms with Crippen molar-refractivity contribution in [2.24, 2.45) is 15.0 Å². The first kappa shape index (κ1) is 25.4. The van der Waals surface area contributed by atoms with Gasteiger partial charge in [-0.1, -0.05) is 30.3 Å². The summed E-state index contributed by atoms with van der Waals surface area (Å²) in [6, 6.07) is 9.72. The number of aromatic nitrogens is 6. The predicted octanol–water partition coefficient (Wildman–Crippen LogP) is 3.95. The molecule has 4 rings (SSSR count). The number of rotatable bonds is 10. The summed E-state index contributed by atoms with van der Waals surface area (Å²) in [4.78, 5) is 23.9. The van der Waals surface area contributed by atoms with Crippen molar-refractivity contribution < 1.29 is 4.74 Å². The lowest BCUT2D eigenvalue weighted by molar-refractivity contribution is 0.292. The second-order valence-corrected chi connectivity index (χ2v) is 8.37. The SMILES string of the molecule is C=N/C(OC)=C(\C=NC)c1cn(C(CC)c2cn(-c3ccccc3)nn2)c2ncnc(N=CN(C)C)c12. The standard InChI is InChI=1S/C26H30N10O/c1-7-22(21-15-36(33-32-21)18-11-9-8-10-12-18)35-14-20(19(13-27-2)26(28-3)37-6)23-24(31-17-34(4)5)29-16-30-25(23)35/h8-17,22H,3,7H2,1-2,4-6H3/b26-19-,27-13?,31-17?. The highest BCUT2D eigenvalue weighted by Crippen LogP contribution is 2.36. The molecule has 0 fully saturated rings. The van der Waals surface area contributed by atoms with Gasteiger partial charge < -0.3 is 14.2 Å². The number of ether oxygens (including phenoxy) is 1. The van der Waals surface area contributed by atoms with Crippen LogP contribution in [0.15, 0.2) is 69.9 Å². The van der Waals surface area contributed by atoms with Gasteiger partial charge in [0.1, 0.15) is 17.7 Å². The molecular weight excluding hydrogens is 468 g/mol. The largest absolute Gasteiger partial charge is 0.481 e. The molecule has 0 saturated heterocycles. The van der Waals surface area contributed by atoms with E-state index in [1.165, 1.54) is 6.33 Å². The van der Waals surface area contributed by atoms with E-state index in [-0.39, 0.29) is 6.04 Å². The van der Waals surface area contributed by atoms with Crippen LogP contribution in [0.1, 0.15) is 30.6 Å². The molecule has 1 unspecified atom stereocenters. The summed E-state index contributed by atoms with van der Waals surface area (Å²) in [6.07, 6.45) is 9.58. The third-order valence-electron chi connectivity index (χ3n) is 5.71. The molecule has 0 spiro atoms. The number of benzene rings is 1. The molecule has 0 bridgehead atoms. The maximum atomic E-state index is 5.53. The number of allylic oxidation sites excluding steroid dienone is 1. The topological polar surface area (TPSA) is 111 Å². The normalized spacial score (nSPS) is 13.3. The summed E-state index contributed by atoms with van der Waals surface area (Å²) < 4.78 is 9.37.